The van der Waals surface area contributed by atoms with Crippen LogP contribution in [-0.4, -0.2) is 28.2 Å². The molecule has 0 aliphatic rings. The number of hydrogen-bond acceptors (Lipinski definition) is 5. The third kappa shape index (κ3) is 2.83. The van der Waals surface area contributed by atoms with E-state index in [-0.39, 0.29) is 17.0 Å². The van der Waals surface area contributed by atoms with Gasteiger partial charge in [-0.15, -0.1) is 0 Å². The summed E-state index contributed by atoms with van der Waals surface area (Å²) in [6.45, 7) is 3.19. The number of carbonyl (C=O) groups excluding carboxylic acids is 1. The molecule has 0 amide bonds. The number of ether oxygens (including phenoxy) is 1. The van der Waals surface area contributed by atoms with Gasteiger partial charge in [-0.1, -0.05) is 12.6 Å². The SMILES string of the molecule is C=CC(=O)Oc1cc(B(O)O)ccc1O. The Balaban J connectivity index is 3.00. The van der Waals surface area contributed by atoms with Gasteiger partial charge in [-0.05, 0) is 17.6 Å². The summed E-state index contributed by atoms with van der Waals surface area (Å²) < 4.78 is 4.66. The van der Waals surface area contributed by atoms with Crippen LogP contribution in [-0.2, 0) is 4.79 Å². The lowest BCUT2D eigenvalue weighted by molar-refractivity contribution is -0.129. The van der Waals surface area contributed by atoms with Crippen molar-refractivity contribution in [1.82, 2.24) is 0 Å². The molecule has 6 heteroatoms. The van der Waals surface area contributed by atoms with E-state index in [9.17, 15) is 9.90 Å². The van der Waals surface area contributed by atoms with Gasteiger partial charge >= 0.3 is 13.1 Å². The van der Waals surface area contributed by atoms with Crippen LogP contribution in [0.25, 0.3) is 0 Å². The first-order chi connectivity index (χ1) is 7.04. The van der Waals surface area contributed by atoms with E-state index >= 15 is 0 Å². The normalized spacial score (nSPS) is 9.47. The van der Waals surface area contributed by atoms with Crippen molar-refractivity contribution in [2.24, 2.45) is 0 Å². The molecule has 1 aromatic carbocycles. The predicted molar refractivity (Wildman–Crippen MR) is 53.8 cm³/mol. The van der Waals surface area contributed by atoms with Crippen molar-refractivity contribution >= 4 is 18.6 Å². The maximum Gasteiger partial charge on any atom is 0.488 e. The van der Waals surface area contributed by atoms with E-state index in [1.54, 1.807) is 0 Å². The molecule has 0 spiro atoms. The Morgan fingerprint density at radius 1 is 1.47 bits per heavy atom. The van der Waals surface area contributed by atoms with Gasteiger partial charge in [0.25, 0.3) is 0 Å². The van der Waals surface area contributed by atoms with Crippen LogP contribution in [0, 0.1) is 0 Å². The molecule has 1 rings (SSSR count). The van der Waals surface area contributed by atoms with Gasteiger partial charge in [0.15, 0.2) is 11.5 Å². The van der Waals surface area contributed by atoms with E-state index in [0.717, 1.165) is 12.1 Å². The van der Waals surface area contributed by atoms with Gasteiger partial charge in [-0.2, -0.15) is 0 Å². The lowest BCUT2D eigenvalue weighted by Gasteiger charge is -2.06. The van der Waals surface area contributed by atoms with Crippen molar-refractivity contribution < 1.29 is 24.7 Å². The van der Waals surface area contributed by atoms with Crippen LogP contribution in [0.4, 0.5) is 0 Å². The Kier molecular flexibility index (Phi) is 3.49. The molecular weight excluding hydrogens is 199 g/mol. The summed E-state index contributed by atoms with van der Waals surface area (Å²) in [6, 6.07) is 3.65. The summed E-state index contributed by atoms with van der Waals surface area (Å²) in [5.74, 6) is -1.16. The summed E-state index contributed by atoms with van der Waals surface area (Å²) >= 11 is 0. The molecule has 1 aromatic rings. The predicted octanol–water partition coefficient (Wildman–Crippen LogP) is -0.837. The van der Waals surface area contributed by atoms with E-state index in [0.29, 0.717) is 0 Å². The molecule has 0 aliphatic carbocycles. The van der Waals surface area contributed by atoms with Crippen LogP contribution >= 0.6 is 0 Å². The van der Waals surface area contributed by atoms with E-state index in [4.69, 9.17) is 10.0 Å². The Bertz CT molecular complexity index is 388. The monoisotopic (exact) mass is 208 g/mol. The highest BCUT2D eigenvalue weighted by molar-refractivity contribution is 6.58. The van der Waals surface area contributed by atoms with Crippen LogP contribution in [0.5, 0.6) is 11.5 Å². The molecule has 0 atom stereocenters. The number of benzene rings is 1. The minimum absolute atomic E-state index is 0.111. The van der Waals surface area contributed by atoms with Crippen molar-refractivity contribution in [2.45, 2.75) is 0 Å². The second kappa shape index (κ2) is 4.63. The quantitative estimate of drug-likeness (QED) is 0.261. The standard InChI is InChI=1S/C9H9BO5/c1-2-9(12)15-8-5-6(10(13)14)3-4-7(8)11/h2-5,11,13-14H,1H2. The molecule has 78 valence electrons. The number of hydrogen-bond donors (Lipinski definition) is 3. The first-order valence-electron chi connectivity index (χ1n) is 4.08. The summed E-state index contributed by atoms with van der Waals surface area (Å²) in [7, 11) is -1.69. The Labute approximate surface area is 86.4 Å². The minimum Gasteiger partial charge on any atom is -0.504 e. The average Bonchev–Trinajstić information content (AvgIpc) is 2.20. The van der Waals surface area contributed by atoms with E-state index in [2.05, 4.69) is 11.3 Å². The number of phenolic OH excluding ortho intramolecular Hbond substituents is 1. The topological polar surface area (TPSA) is 87.0 Å². The first kappa shape index (κ1) is 11.3. The van der Waals surface area contributed by atoms with Crippen molar-refractivity contribution in [1.29, 1.82) is 0 Å². The number of rotatable bonds is 3. The van der Waals surface area contributed by atoms with Crippen LogP contribution < -0.4 is 10.2 Å². The third-order valence-corrected chi connectivity index (χ3v) is 1.66. The summed E-state index contributed by atoms with van der Waals surface area (Å²) in [4.78, 5) is 10.8. The number of phenols is 1. The molecule has 0 unspecified atom stereocenters. The second-order valence-electron chi connectivity index (χ2n) is 2.73. The number of carbonyl (C=O) groups is 1. The van der Waals surface area contributed by atoms with Crippen LogP contribution in [0.1, 0.15) is 0 Å². The van der Waals surface area contributed by atoms with Crippen LogP contribution in [0.15, 0.2) is 30.9 Å². The average molecular weight is 208 g/mol. The smallest absolute Gasteiger partial charge is 0.488 e. The highest BCUT2D eigenvalue weighted by atomic mass is 16.5. The zero-order valence-electron chi connectivity index (χ0n) is 7.75. The molecule has 0 saturated heterocycles. The lowest BCUT2D eigenvalue weighted by Crippen LogP contribution is -2.29. The Morgan fingerprint density at radius 3 is 2.67 bits per heavy atom. The molecule has 0 heterocycles. The summed E-state index contributed by atoms with van der Waals surface area (Å²) in [5.41, 5.74) is 0.111. The number of aromatic hydroxyl groups is 1. The Hall–Kier alpha value is -1.79. The summed E-state index contributed by atoms with van der Waals surface area (Å²) in [5, 5.41) is 27.0. The molecule has 15 heavy (non-hydrogen) atoms. The fourth-order valence-electron chi connectivity index (χ4n) is 0.923. The molecule has 0 radical (unpaired) electrons. The molecular formula is C9H9BO5. The van der Waals surface area contributed by atoms with Crippen LogP contribution in [0.3, 0.4) is 0 Å². The number of esters is 1. The van der Waals surface area contributed by atoms with Gasteiger partial charge in [-0.25, -0.2) is 4.79 Å². The van der Waals surface area contributed by atoms with Gasteiger partial charge in [0, 0.05) is 6.08 Å². The van der Waals surface area contributed by atoms with Gasteiger partial charge in [0.2, 0.25) is 0 Å². The molecule has 5 nitrogen and oxygen atoms in total. The van der Waals surface area contributed by atoms with E-state index < -0.39 is 13.1 Å². The fraction of sp³-hybridized carbons (Fsp3) is 0. The Morgan fingerprint density at radius 2 is 2.13 bits per heavy atom. The molecule has 0 bridgehead atoms. The largest absolute Gasteiger partial charge is 0.504 e. The second-order valence-corrected chi connectivity index (χ2v) is 2.73. The van der Waals surface area contributed by atoms with Crippen molar-refractivity contribution in [3.05, 3.63) is 30.9 Å². The van der Waals surface area contributed by atoms with Crippen molar-refractivity contribution in [2.75, 3.05) is 0 Å². The molecule has 0 fully saturated rings. The van der Waals surface area contributed by atoms with E-state index in [1.807, 2.05) is 0 Å². The zero-order chi connectivity index (χ0) is 11.4. The molecule has 0 saturated carbocycles. The maximum atomic E-state index is 10.8. The minimum atomic E-state index is -1.69. The van der Waals surface area contributed by atoms with Gasteiger partial charge in [0.05, 0.1) is 0 Å². The van der Waals surface area contributed by atoms with E-state index in [1.165, 1.54) is 12.1 Å². The van der Waals surface area contributed by atoms with Gasteiger partial charge < -0.3 is 19.9 Å². The summed E-state index contributed by atoms with van der Waals surface area (Å²) in [6.07, 6.45) is 0.932. The highest BCUT2D eigenvalue weighted by Crippen LogP contribution is 2.23. The maximum absolute atomic E-state index is 10.8. The zero-order valence-corrected chi connectivity index (χ0v) is 7.75. The first-order valence-corrected chi connectivity index (χ1v) is 4.08. The molecule has 0 aliphatic heterocycles. The van der Waals surface area contributed by atoms with Gasteiger partial charge in [0.1, 0.15) is 0 Å². The lowest BCUT2D eigenvalue weighted by atomic mass is 9.80. The fourth-order valence-corrected chi connectivity index (χ4v) is 0.923. The molecule has 0 aromatic heterocycles. The van der Waals surface area contributed by atoms with Crippen molar-refractivity contribution in [3.8, 4) is 11.5 Å². The van der Waals surface area contributed by atoms with Crippen LogP contribution in [0.2, 0.25) is 0 Å². The van der Waals surface area contributed by atoms with Crippen molar-refractivity contribution in [3.63, 3.8) is 0 Å². The third-order valence-electron chi connectivity index (χ3n) is 1.66. The highest BCUT2D eigenvalue weighted by Gasteiger charge is 2.14. The molecule has 3 N–H and O–H groups in total. The van der Waals surface area contributed by atoms with Gasteiger partial charge in [-0.3, -0.25) is 0 Å².